The number of ether oxygens (including phenoxy) is 4. The second-order valence-electron chi connectivity index (χ2n) is 22.0. The molecule has 5 unspecified atom stereocenters. The van der Waals surface area contributed by atoms with Gasteiger partial charge in [0.2, 0.25) is 0 Å². The van der Waals surface area contributed by atoms with E-state index in [4.69, 9.17) is 28.9 Å². The first-order chi connectivity index (χ1) is 42.4. The van der Waals surface area contributed by atoms with Gasteiger partial charge >= 0.3 is 0 Å². The number of methoxy groups -OCH3 is 1. The maximum absolute atomic E-state index is 12.1. The quantitative estimate of drug-likeness (QED) is 0.0108. The van der Waals surface area contributed by atoms with Gasteiger partial charge < -0.3 is 44.7 Å². The number of anilines is 1. The van der Waals surface area contributed by atoms with E-state index in [1.54, 1.807) is 54.5 Å². The second kappa shape index (κ2) is 34.2. The fraction of sp³-hybridized carbons (Fsp3) is 0.453. The minimum atomic E-state index is -4.44. The number of allylic oxidation sites excluding steroid dienone is 2. The average Bonchev–Trinajstić information content (AvgIpc) is 1.48. The molecule has 0 saturated carbocycles. The fourth-order valence-electron chi connectivity index (χ4n) is 10.2. The van der Waals surface area contributed by atoms with Crippen molar-refractivity contribution in [2.75, 3.05) is 97.9 Å². The lowest BCUT2D eigenvalue weighted by molar-refractivity contribution is 0.00322. The molecule has 2 aliphatic carbocycles. The van der Waals surface area contributed by atoms with Crippen LogP contribution in [0.4, 0.5) is 17.1 Å². The Hall–Kier alpha value is -5.36. The van der Waals surface area contributed by atoms with Crippen molar-refractivity contribution in [3.63, 3.8) is 0 Å². The summed E-state index contributed by atoms with van der Waals surface area (Å²) in [5, 5.41) is 46.3. The number of hydrogen-bond donors (Lipinski definition) is 7. The number of nitrogens with one attached hydrogen (secondary N) is 1. The molecule has 0 fully saturated rings. The predicted octanol–water partition coefficient (Wildman–Crippen LogP) is 8.74. The topological polar surface area (TPSA) is 283 Å². The van der Waals surface area contributed by atoms with E-state index >= 15 is 0 Å². The summed E-state index contributed by atoms with van der Waals surface area (Å²) in [7, 11) is -7.20. The second-order valence-corrected chi connectivity index (χ2v) is 26.9. The van der Waals surface area contributed by atoms with Crippen LogP contribution in [0.25, 0.3) is 20.8 Å². The van der Waals surface area contributed by atoms with Crippen molar-refractivity contribution in [1.82, 2.24) is 14.8 Å². The summed E-state index contributed by atoms with van der Waals surface area (Å²) in [4.78, 5) is 21.3. The highest BCUT2D eigenvalue weighted by Crippen LogP contribution is 2.43. The van der Waals surface area contributed by atoms with Crippen LogP contribution in [0.1, 0.15) is 63.9 Å². The molecule has 0 saturated heterocycles. The van der Waals surface area contributed by atoms with Crippen molar-refractivity contribution < 1.29 is 65.3 Å². The van der Waals surface area contributed by atoms with Crippen molar-refractivity contribution in [1.29, 1.82) is 0 Å². The number of benzene rings is 5. The highest BCUT2D eigenvalue weighted by atomic mass is 32.2. The molecule has 4 aromatic carbocycles. The van der Waals surface area contributed by atoms with Crippen LogP contribution in [0.15, 0.2) is 156 Å². The van der Waals surface area contributed by atoms with Crippen LogP contribution in [0.2, 0.25) is 0 Å². The van der Waals surface area contributed by atoms with Crippen LogP contribution in [0.5, 0.6) is 0 Å². The number of para-hydroxylation sites is 2. The highest BCUT2D eigenvalue weighted by Gasteiger charge is 2.27. The Morgan fingerprint density at radius 1 is 0.670 bits per heavy atom. The van der Waals surface area contributed by atoms with Crippen LogP contribution in [0.3, 0.4) is 0 Å². The van der Waals surface area contributed by atoms with Crippen molar-refractivity contribution >= 4 is 76.3 Å². The lowest BCUT2D eigenvalue weighted by Gasteiger charge is -2.30. The Labute approximate surface area is 524 Å². The van der Waals surface area contributed by atoms with Gasteiger partial charge in [0.25, 0.3) is 20.2 Å². The van der Waals surface area contributed by atoms with Gasteiger partial charge in [-0.3, -0.25) is 18.9 Å². The van der Waals surface area contributed by atoms with Gasteiger partial charge in [-0.05, 0) is 154 Å². The smallest absolute Gasteiger partial charge is 0.296 e. The summed E-state index contributed by atoms with van der Waals surface area (Å²) in [6, 6.07) is 31.4. The number of nitrogens with zero attached hydrogens (tertiary/aromatic N) is 5. The van der Waals surface area contributed by atoms with E-state index in [9.17, 15) is 46.4 Å². The summed E-state index contributed by atoms with van der Waals surface area (Å²) >= 11 is 3.18. The van der Waals surface area contributed by atoms with E-state index in [1.807, 2.05) is 43.3 Å². The molecule has 4 aliphatic rings. The average molecular weight is 1290 g/mol. The first kappa shape index (κ1) is 68.5. The van der Waals surface area contributed by atoms with Gasteiger partial charge in [0.05, 0.1) is 125 Å². The number of aliphatic imine (C=N–C) groups is 1. The Morgan fingerprint density at radius 3 is 1.97 bits per heavy atom. The first-order valence-corrected chi connectivity index (χ1v) is 34.4. The summed E-state index contributed by atoms with van der Waals surface area (Å²) < 4.78 is 91.7. The third kappa shape index (κ3) is 21.7. The minimum absolute atomic E-state index is 0.117. The van der Waals surface area contributed by atoms with Crippen molar-refractivity contribution in [2.45, 2.75) is 110 Å². The largest absolute Gasteiger partial charge is 0.393 e. The van der Waals surface area contributed by atoms with Crippen LogP contribution in [-0.2, 0) is 45.6 Å². The fourth-order valence-corrected chi connectivity index (χ4v) is 13.3. The van der Waals surface area contributed by atoms with Gasteiger partial charge in [0.1, 0.15) is 4.90 Å². The van der Waals surface area contributed by atoms with E-state index < -0.39 is 38.5 Å². The van der Waals surface area contributed by atoms with E-state index in [0.717, 1.165) is 66.1 Å². The van der Waals surface area contributed by atoms with Crippen LogP contribution < -0.4 is 10.7 Å². The maximum Gasteiger partial charge on any atom is 0.296 e. The van der Waals surface area contributed by atoms with E-state index in [1.165, 1.54) is 30.3 Å². The standard InChI is InChI=1S/C64H82N6O14S4/c1-3-49(71)12-9-13-50(72)42-83-35-31-70(28-26-46-38-59-63(85-60-19-6-4-17-54(60)67-59)41-57(46)66-47-11-8-16-53(39-47)87(75,76)77)32-36-84-44-52(74)15-10-14-51(73)43-82-34-30-69(29-33-81-2)27-25-45-21-24-61-58(37-45)68-55-23-22-48(40-62(55)86-61)65-56-18-5-7-20-64(56)88(78,79)80/h4-8,11,16-24,37-41,49-52,57,66,71-74H,3,9-10,12-15,25-36,42-44H2,1-2H3,(H,75,76,77)(H,78,79,80). The molecule has 88 heavy (non-hydrogen) atoms. The Balaban J connectivity index is 0.779. The number of aliphatic hydroxyl groups is 4. The summed E-state index contributed by atoms with van der Waals surface area (Å²) in [5.74, 6) is 0. The molecule has 0 bridgehead atoms. The number of aliphatic hydroxyl groups excluding tert-OH is 4. The van der Waals surface area contributed by atoms with E-state index in [-0.39, 0.29) is 47.4 Å². The number of hydrogen-bond acceptors (Lipinski definition) is 20. The Kier molecular flexibility index (Phi) is 26.6. The zero-order chi connectivity index (χ0) is 62.5. The molecule has 24 heteroatoms. The lowest BCUT2D eigenvalue weighted by Crippen LogP contribution is -2.35. The minimum Gasteiger partial charge on any atom is -0.393 e. The summed E-state index contributed by atoms with van der Waals surface area (Å²) in [5.41, 5.74) is 6.15. The number of thioether (sulfide) groups is 1. The normalized spacial score (nSPS) is 16.1. The summed E-state index contributed by atoms with van der Waals surface area (Å²) in [6.45, 7) is 7.75. The van der Waals surface area contributed by atoms with Gasteiger partial charge in [0.15, 0.2) is 0 Å². The molecule has 7 N–H and O–H groups in total. The molecule has 0 spiro atoms. The number of aromatic nitrogens is 1. The number of rotatable bonds is 38. The molecule has 476 valence electrons. The number of fused-ring (bicyclic) bond motifs is 4. The van der Waals surface area contributed by atoms with Crippen LogP contribution in [-0.4, -0.2) is 190 Å². The van der Waals surface area contributed by atoms with Crippen molar-refractivity contribution in [2.24, 2.45) is 9.98 Å². The van der Waals surface area contributed by atoms with E-state index in [0.29, 0.717) is 122 Å². The molecule has 20 nitrogen and oxygen atoms in total. The van der Waals surface area contributed by atoms with Crippen LogP contribution in [0, 0.1) is 0 Å². The molecule has 0 aromatic heterocycles. The molecule has 5 atom stereocenters. The third-order valence-corrected chi connectivity index (χ3v) is 19.1. The van der Waals surface area contributed by atoms with Crippen LogP contribution >= 0.6 is 23.1 Å². The molecule has 8 rings (SSSR count). The molecule has 2 heterocycles. The Morgan fingerprint density at radius 2 is 1.31 bits per heavy atom. The van der Waals surface area contributed by atoms with Gasteiger partial charge in [-0.2, -0.15) is 16.8 Å². The molecule has 0 radical (unpaired) electrons. The molecular formula is C64H82N6O14S4. The molecular weight excluding hydrogens is 1200 g/mol. The monoisotopic (exact) mass is 1290 g/mol. The van der Waals surface area contributed by atoms with Gasteiger partial charge in [-0.25, -0.2) is 15.0 Å². The lowest BCUT2D eigenvalue weighted by atomic mass is 9.95. The third-order valence-electron chi connectivity index (χ3n) is 15.1. The zero-order valence-corrected chi connectivity index (χ0v) is 53.1. The Bertz CT molecular complexity index is 3590. The van der Waals surface area contributed by atoms with Gasteiger partial charge in [-0.1, -0.05) is 55.1 Å². The molecule has 4 aromatic rings. The predicted molar refractivity (Wildman–Crippen MR) is 345 cm³/mol. The molecule has 2 aliphatic heterocycles. The van der Waals surface area contributed by atoms with Gasteiger partial charge in [-0.15, -0.1) is 11.3 Å². The SMILES string of the molecule is CCC(O)CCCC(O)COCCN(CCOCC(O)CCCC(O)COCCN(CCOC)CCc1ccc2sc3cc(=Nc4ccccc4S(=O)(=O)O)ccc-3nc2c1)CCC1=CC2=Nc3ccccc3SC2=CC1Nc1cccc(S(=O)(=O)O)c1. The zero-order valence-electron chi connectivity index (χ0n) is 49.8. The molecule has 0 amide bonds. The van der Waals surface area contributed by atoms with E-state index in [2.05, 4.69) is 50.5 Å². The highest BCUT2D eigenvalue weighted by molar-refractivity contribution is 8.04. The van der Waals surface area contributed by atoms with Crippen molar-refractivity contribution in [3.05, 3.63) is 143 Å². The summed E-state index contributed by atoms with van der Waals surface area (Å²) in [6.07, 6.45) is 7.05. The maximum atomic E-state index is 12.1. The van der Waals surface area contributed by atoms with Crippen molar-refractivity contribution in [3.8, 4) is 10.6 Å². The van der Waals surface area contributed by atoms with Gasteiger partial charge in [0, 0.05) is 61.9 Å². The first-order valence-electron chi connectivity index (χ1n) is 29.9.